The Morgan fingerprint density at radius 3 is 2.62 bits per heavy atom. The van der Waals surface area contributed by atoms with Crippen molar-refractivity contribution in [1.82, 2.24) is 10.5 Å². The van der Waals surface area contributed by atoms with Crippen LogP contribution < -0.4 is 5.32 Å². The van der Waals surface area contributed by atoms with Crippen molar-refractivity contribution in [3.8, 4) is 0 Å². The van der Waals surface area contributed by atoms with Crippen LogP contribution in [-0.4, -0.2) is 38.6 Å². The van der Waals surface area contributed by atoms with Gasteiger partial charge in [0.2, 0.25) is 0 Å². The molecule has 1 rings (SSSR count). The SMILES string of the molecule is COCC(CNCc1c(C)noc1C)OC. The molecular formula is C11H20N2O3. The molecule has 1 unspecified atom stereocenters. The molecule has 0 aliphatic rings. The van der Waals surface area contributed by atoms with E-state index in [0.29, 0.717) is 6.61 Å². The average molecular weight is 228 g/mol. The van der Waals surface area contributed by atoms with Crippen LogP contribution in [0.5, 0.6) is 0 Å². The minimum absolute atomic E-state index is 0.0745. The van der Waals surface area contributed by atoms with Gasteiger partial charge in [-0.05, 0) is 13.8 Å². The van der Waals surface area contributed by atoms with E-state index in [-0.39, 0.29) is 6.10 Å². The summed E-state index contributed by atoms with van der Waals surface area (Å²) >= 11 is 0. The summed E-state index contributed by atoms with van der Waals surface area (Å²) in [5.74, 6) is 0.866. The van der Waals surface area contributed by atoms with Gasteiger partial charge in [0.1, 0.15) is 5.76 Å². The van der Waals surface area contributed by atoms with Gasteiger partial charge in [0, 0.05) is 32.9 Å². The molecule has 1 aromatic rings. The van der Waals surface area contributed by atoms with E-state index in [1.807, 2.05) is 13.8 Å². The molecular weight excluding hydrogens is 208 g/mol. The molecule has 0 saturated heterocycles. The van der Waals surface area contributed by atoms with Crippen molar-refractivity contribution >= 4 is 0 Å². The van der Waals surface area contributed by atoms with Crippen LogP contribution in [0, 0.1) is 13.8 Å². The molecule has 0 amide bonds. The Balaban J connectivity index is 2.35. The van der Waals surface area contributed by atoms with E-state index in [0.717, 1.165) is 30.1 Å². The summed E-state index contributed by atoms with van der Waals surface area (Å²) in [5, 5.41) is 7.20. The van der Waals surface area contributed by atoms with Gasteiger partial charge >= 0.3 is 0 Å². The highest BCUT2D eigenvalue weighted by Crippen LogP contribution is 2.11. The maximum Gasteiger partial charge on any atom is 0.138 e. The molecule has 5 nitrogen and oxygen atoms in total. The molecule has 5 heteroatoms. The van der Waals surface area contributed by atoms with Gasteiger partial charge in [-0.15, -0.1) is 0 Å². The van der Waals surface area contributed by atoms with Gasteiger partial charge in [0.25, 0.3) is 0 Å². The van der Waals surface area contributed by atoms with Gasteiger partial charge in [-0.3, -0.25) is 0 Å². The van der Waals surface area contributed by atoms with E-state index in [4.69, 9.17) is 14.0 Å². The third kappa shape index (κ3) is 3.59. The molecule has 0 aliphatic heterocycles. The summed E-state index contributed by atoms with van der Waals surface area (Å²) in [7, 11) is 3.35. The van der Waals surface area contributed by atoms with Crippen LogP contribution in [0.4, 0.5) is 0 Å². The second kappa shape index (κ2) is 6.62. The molecule has 1 aromatic heterocycles. The van der Waals surface area contributed by atoms with Crippen LogP contribution in [0.15, 0.2) is 4.52 Å². The van der Waals surface area contributed by atoms with E-state index in [9.17, 15) is 0 Å². The number of ether oxygens (including phenoxy) is 2. The Hall–Kier alpha value is -0.910. The second-order valence-corrected chi connectivity index (χ2v) is 3.75. The summed E-state index contributed by atoms with van der Waals surface area (Å²) < 4.78 is 15.4. The van der Waals surface area contributed by atoms with E-state index < -0.39 is 0 Å². The first-order valence-corrected chi connectivity index (χ1v) is 5.33. The van der Waals surface area contributed by atoms with E-state index in [1.54, 1.807) is 14.2 Å². The Morgan fingerprint density at radius 2 is 2.12 bits per heavy atom. The standard InChI is InChI=1S/C11H20N2O3/c1-8-11(9(2)16-13-8)6-12-5-10(15-4)7-14-3/h10,12H,5-7H2,1-4H3. The number of nitrogens with zero attached hydrogens (tertiary/aromatic N) is 1. The maximum atomic E-state index is 5.24. The fourth-order valence-corrected chi connectivity index (χ4v) is 1.51. The second-order valence-electron chi connectivity index (χ2n) is 3.75. The van der Waals surface area contributed by atoms with Crippen LogP contribution in [0.25, 0.3) is 0 Å². The number of aryl methyl sites for hydroxylation is 2. The van der Waals surface area contributed by atoms with Crippen LogP contribution in [0.3, 0.4) is 0 Å². The fraction of sp³-hybridized carbons (Fsp3) is 0.727. The van der Waals surface area contributed by atoms with E-state index in [2.05, 4.69) is 10.5 Å². The van der Waals surface area contributed by atoms with E-state index >= 15 is 0 Å². The molecule has 0 spiro atoms. The highest BCUT2D eigenvalue weighted by molar-refractivity contribution is 5.20. The van der Waals surface area contributed by atoms with Crippen molar-refractivity contribution in [2.45, 2.75) is 26.5 Å². The molecule has 0 fully saturated rings. The zero-order chi connectivity index (χ0) is 12.0. The van der Waals surface area contributed by atoms with Gasteiger partial charge in [-0.2, -0.15) is 0 Å². The molecule has 92 valence electrons. The molecule has 1 atom stereocenters. The lowest BCUT2D eigenvalue weighted by Gasteiger charge is -2.14. The van der Waals surface area contributed by atoms with Crippen LogP contribution in [-0.2, 0) is 16.0 Å². The van der Waals surface area contributed by atoms with Gasteiger partial charge in [-0.1, -0.05) is 5.16 Å². The minimum atomic E-state index is 0.0745. The minimum Gasteiger partial charge on any atom is -0.382 e. The van der Waals surface area contributed by atoms with Gasteiger partial charge in [0.15, 0.2) is 0 Å². The zero-order valence-electron chi connectivity index (χ0n) is 10.4. The van der Waals surface area contributed by atoms with Crippen molar-refractivity contribution < 1.29 is 14.0 Å². The quantitative estimate of drug-likeness (QED) is 0.755. The fourth-order valence-electron chi connectivity index (χ4n) is 1.51. The first-order valence-electron chi connectivity index (χ1n) is 5.33. The maximum absolute atomic E-state index is 5.24. The van der Waals surface area contributed by atoms with Gasteiger partial charge in [-0.25, -0.2) is 0 Å². The highest BCUT2D eigenvalue weighted by atomic mass is 16.5. The van der Waals surface area contributed by atoms with Crippen molar-refractivity contribution in [3.05, 3.63) is 17.0 Å². The van der Waals surface area contributed by atoms with Crippen LogP contribution in [0.1, 0.15) is 17.0 Å². The zero-order valence-corrected chi connectivity index (χ0v) is 10.4. The van der Waals surface area contributed by atoms with Gasteiger partial charge in [0.05, 0.1) is 18.4 Å². The van der Waals surface area contributed by atoms with Gasteiger partial charge < -0.3 is 19.3 Å². The van der Waals surface area contributed by atoms with Crippen LogP contribution in [0.2, 0.25) is 0 Å². The van der Waals surface area contributed by atoms with Crippen molar-refractivity contribution in [1.29, 1.82) is 0 Å². The molecule has 1 N–H and O–H groups in total. The summed E-state index contributed by atoms with van der Waals surface area (Å²) in [6.45, 7) is 5.93. The largest absolute Gasteiger partial charge is 0.382 e. The Kier molecular flexibility index (Phi) is 5.45. The Labute approximate surface area is 96.1 Å². The number of hydrogen-bond donors (Lipinski definition) is 1. The molecule has 0 aliphatic carbocycles. The molecule has 0 aromatic carbocycles. The smallest absolute Gasteiger partial charge is 0.138 e. The number of methoxy groups -OCH3 is 2. The summed E-state index contributed by atoms with van der Waals surface area (Å²) in [5.41, 5.74) is 2.05. The number of aromatic nitrogens is 1. The number of nitrogens with one attached hydrogen (secondary N) is 1. The normalized spacial score (nSPS) is 13.0. The molecule has 0 radical (unpaired) electrons. The highest BCUT2D eigenvalue weighted by Gasteiger charge is 2.10. The molecule has 0 bridgehead atoms. The summed E-state index contributed by atoms with van der Waals surface area (Å²) in [6, 6.07) is 0. The average Bonchev–Trinajstić information content (AvgIpc) is 2.59. The van der Waals surface area contributed by atoms with Crippen molar-refractivity contribution in [2.24, 2.45) is 0 Å². The number of rotatable bonds is 7. The van der Waals surface area contributed by atoms with Crippen LogP contribution >= 0.6 is 0 Å². The van der Waals surface area contributed by atoms with E-state index in [1.165, 1.54) is 0 Å². The monoisotopic (exact) mass is 228 g/mol. The van der Waals surface area contributed by atoms with Crippen molar-refractivity contribution in [2.75, 3.05) is 27.4 Å². The summed E-state index contributed by atoms with van der Waals surface area (Å²) in [4.78, 5) is 0. The molecule has 1 heterocycles. The first-order chi connectivity index (χ1) is 7.69. The third-order valence-electron chi connectivity index (χ3n) is 2.54. The number of hydrogen-bond acceptors (Lipinski definition) is 5. The lowest BCUT2D eigenvalue weighted by Crippen LogP contribution is -2.31. The Morgan fingerprint density at radius 1 is 1.38 bits per heavy atom. The predicted molar refractivity (Wildman–Crippen MR) is 60.4 cm³/mol. The molecule has 0 saturated carbocycles. The predicted octanol–water partition coefficient (Wildman–Crippen LogP) is 1.04. The Bertz CT molecular complexity index is 293. The molecule has 16 heavy (non-hydrogen) atoms. The first kappa shape index (κ1) is 13.2. The van der Waals surface area contributed by atoms with Crippen molar-refractivity contribution in [3.63, 3.8) is 0 Å². The topological polar surface area (TPSA) is 56.5 Å². The lowest BCUT2D eigenvalue weighted by atomic mass is 10.2. The summed E-state index contributed by atoms with van der Waals surface area (Å²) in [6.07, 6.45) is 0.0745. The third-order valence-corrected chi connectivity index (χ3v) is 2.54. The lowest BCUT2D eigenvalue weighted by molar-refractivity contribution is 0.0287.